The van der Waals surface area contributed by atoms with Crippen molar-refractivity contribution in [1.82, 2.24) is 0 Å². The lowest BCUT2D eigenvalue weighted by atomic mass is 9.47. The van der Waals surface area contributed by atoms with Crippen LogP contribution in [-0.4, -0.2) is 39.3 Å². The largest absolute Gasteiger partial charge is 0.479 e. The van der Waals surface area contributed by atoms with E-state index in [1.54, 1.807) is 12.2 Å². The molecule has 0 bridgehead atoms. The third-order valence-electron chi connectivity index (χ3n) is 8.84. The lowest BCUT2D eigenvalue weighted by Gasteiger charge is -2.55. The van der Waals surface area contributed by atoms with Gasteiger partial charge in [0, 0.05) is 10.8 Å². The summed E-state index contributed by atoms with van der Waals surface area (Å²) in [7, 11) is 0. The normalized spacial score (nSPS) is 56.8. The lowest BCUT2D eigenvalue weighted by molar-refractivity contribution is -0.183. The molecule has 4 aliphatic carbocycles. The van der Waals surface area contributed by atoms with Crippen molar-refractivity contribution in [2.45, 2.75) is 63.8 Å². The Morgan fingerprint density at radius 2 is 2.04 bits per heavy atom. The van der Waals surface area contributed by atoms with Gasteiger partial charge in [0.25, 0.3) is 0 Å². The van der Waals surface area contributed by atoms with Crippen molar-refractivity contribution in [3.05, 3.63) is 23.8 Å². The highest BCUT2D eigenvalue weighted by molar-refractivity contribution is 6.01. The fourth-order valence-corrected chi connectivity index (χ4v) is 7.44. The van der Waals surface area contributed by atoms with Crippen LogP contribution in [-0.2, 0) is 14.3 Å². The molecule has 8 atom stereocenters. The van der Waals surface area contributed by atoms with Gasteiger partial charge in [0.15, 0.2) is 11.4 Å². The summed E-state index contributed by atoms with van der Waals surface area (Å²) in [6, 6.07) is 0. The van der Waals surface area contributed by atoms with Gasteiger partial charge in [-0.15, -0.1) is 0 Å². The number of ketones is 1. The molecule has 1 heterocycles. The number of carbonyl (C=O) groups is 2. The minimum atomic E-state index is -1.70. The Bertz CT molecular complexity index is 798. The molecular weight excluding hydrogens is 332 g/mol. The monoisotopic (exact) mass is 358 g/mol. The Morgan fingerprint density at radius 3 is 2.73 bits per heavy atom. The van der Waals surface area contributed by atoms with E-state index >= 15 is 0 Å². The van der Waals surface area contributed by atoms with Crippen LogP contribution in [0.3, 0.4) is 0 Å². The van der Waals surface area contributed by atoms with Gasteiger partial charge < -0.3 is 14.9 Å². The molecular formula is C21H26O5. The van der Waals surface area contributed by atoms with Crippen molar-refractivity contribution < 1.29 is 24.5 Å². The first kappa shape index (κ1) is 16.7. The van der Waals surface area contributed by atoms with Gasteiger partial charge in [0.2, 0.25) is 0 Å². The fourth-order valence-electron chi connectivity index (χ4n) is 7.44. The van der Waals surface area contributed by atoms with Crippen LogP contribution in [0.1, 0.15) is 46.5 Å². The van der Waals surface area contributed by atoms with Crippen LogP contribution in [0.25, 0.3) is 0 Å². The molecule has 1 aliphatic heterocycles. The van der Waals surface area contributed by atoms with Crippen LogP contribution in [0, 0.1) is 28.6 Å². The number of carbonyl (C=O) groups excluding carboxylic acids is 1. The van der Waals surface area contributed by atoms with Crippen LogP contribution in [0.4, 0.5) is 0 Å². The van der Waals surface area contributed by atoms with E-state index in [1.807, 2.05) is 19.9 Å². The average Bonchev–Trinajstić information content (AvgIpc) is 3.25. The quantitative estimate of drug-likeness (QED) is 0.703. The molecule has 0 amide bonds. The Morgan fingerprint density at radius 1 is 1.31 bits per heavy atom. The summed E-state index contributed by atoms with van der Waals surface area (Å²) >= 11 is 0. The molecule has 0 aromatic carbocycles. The zero-order chi connectivity index (χ0) is 18.7. The number of rotatable bonds is 1. The summed E-state index contributed by atoms with van der Waals surface area (Å²) in [5.74, 6) is -1.02. The van der Waals surface area contributed by atoms with Crippen molar-refractivity contribution in [2.75, 3.05) is 0 Å². The number of hydrogen-bond acceptors (Lipinski definition) is 4. The highest BCUT2D eigenvalue weighted by Gasteiger charge is 2.82. The molecule has 1 spiro atoms. The van der Waals surface area contributed by atoms with Crippen LogP contribution < -0.4 is 0 Å². The van der Waals surface area contributed by atoms with Crippen molar-refractivity contribution in [3.63, 3.8) is 0 Å². The van der Waals surface area contributed by atoms with E-state index in [0.29, 0.717) is 12.8 Å². The molecule has 0 aromatic rings. The zero-order valence-corrected chi connectivity index (χ0v) is 15.5. The van der Waals surface area contributed by atoms with Crippen molar-refractivity contribution in [3.8, 4) is 0 Å². The van der Waals surface area contributed by atoms with Crippen LogP contribution in [0.2, 0.25) is 0 Å². The second-order valence-electron chi connectivity index (χ2n) is 9.59. The Kier molecular flexibility index (Phi) is 2.89. The molecule has 2 unspecified atom stereocenters. The fraction of sp³-hybridized carbons (Fsp3) is 0.714. The number of aliphatic hydroxyl groups is 1. The maximum absolute atomic E-state index is 12.1. The van der Waals surface area contributed by atoms with Gasteiger partial charge in [-0.2, -0.15) is 0 Å². The molecule has 26 heavy (non-hydrogen) atoms. The van der Waals surface area contributed by atoms with E-state index in [4.69, 9.17) is 4.74 Å². The van der Waals surface area contributed by atoms with E-state index in [2.05, 4.69) is 6.92 Å². The number of hydrogen-bond donors (Lipinski definition) is 2. The maximum Gasteiger partial charge on any atom is 0.336 e. The number of allylic oxidation sites excluding steroid dienone is 2. The Hall–Kier alpha value is -1.46. The average molecular weight is 358 g/mol. The minimum absolute atomic E-state index is 0.0416. The van der Waals surface area contributed by atoms with E-state index in [0.717, 1.165) is 18.4 Å². The molecule has 0 radical (unpaired) electrons. The number of aliphatic carboxylic acids is 1. The van der Waals surface area contributed by atoms with Gasteiger partial charge in [-0.25, -0.2) is 4.79 Å². The van der Waals surface area contributed by atoms with Gasteiger partial charge >= 0.3 is 5.97 Å². The molecule has 4 fully saturated rings. The van der Waals surface area contributed by atoms with Gasteiger partial charge in [-0.3, -0.25) is 4.79 Å². The predicted octanol–water partition coefficient (Wildman–Crippen LogP) is 2.49. The predicted molar refractivity (Wildman–Crippen MR) is 93.2 cm³/mol. The number of epoxide rings is 1. The first-order valence-corrected chi connectivity index (χ1v) is 9.69. The summed E-state index contributed by atoms with van der Waals surface area (Å²) in [6.07, 6.45) is 8.37. The molecule has 5 rings (SSSR count). The molecule has 2 N–H and O–H groups in total. The summed E-state index contributed by atoms with van der Waals surface area (Å²) in [5, 5.41) is 21.1. The maximum atomic E-state index is 12.1. The molecule has 0 aromatic heterocycles. The third-order valence-corrected chi connectivity index (χ3v) is 8.84. The Labute approximate surface area is 153 Å². The van der Waals surface area contributed by atoms with Gasteiger partial charge in [0.05, 0.1) is 6.10 Å². The van der Waals surface area contributed by atoms with Crippen molar-refractivity contribution >= 4 is 11.8 Å². The highest BCUT2D eigenvalue weighted by atomic mass is 16.6. The zero-order valence-electron chi connectivity index (χ0n) is 15.5. The highest BCUT2D eigenvalue weighted by Crippen LogP contribution is 2.76. The van der Waals surface area contributed by atoms with Crippen LogP contribution >= 0.6 is 0 Å². The van der Waals surface area contributed by atoms with Gasteiger partial charge in [-0.1, -0.05) is 25.5 Å². The lowest BCUT2D eigenvalue weighted by Crippen LogP contribution is -2.61. The second kappa shape index (κ2) is 4.50. The molecule has 5 aliphatic rings. The van der Waals surface area contributed by atoms with Gasteiger partial charge in [0.1, 0.15) is 5.60 Å². The summed E-state index contributed by atoms with van der Waals surface area (Å²) in [4.78, 5) is 23.9. The number of fused-ring (bicyclic) bond motifs is 3. The van der Waals surface area contributed by atoms with E-state index < -0.39 is 17.0 Å². The molecule has 3 saturated carbocycles. The van der Waals surface area contributed by atoms with E-state index in [9.17, 15) is 19.8 Å². The summed E-state index contributed by atoms with van der Waals surface area (Å²) in [5.41, 5.74) is -1.89. The van der Waals surface area contributed by atoms with Crippen LogP contribution in [0.5, 0.6) is 0 Å². The molecule has 1 saturated heterocycles. The number of carboxylic acids is 1. The van der Waals surface area contributed by atoms with Crippen molar-refractivity contribution in [2.24, 2.45) is 28.6 Å². The smallest absolute Gasteiger partial charge is 0.336 e. The minimum Gasteiger partial charge on any atom is -0.479 e. The van der Waals surface area contributed by atoms with E-state index in [-0.39, 0.29) is 40.7 Å². The molecule has 5 heteroatoms. The SMILES string of the molecule is C[C@@H]1CC2C3CCC4=CC(=O)C=C[C@]4(C)[C@@]34O[C@@H]4C[C@]2(C)[C@@]1(O)C(=O)O. The van der Waals surface area contributed by atoms with E-state index in [1.165, 1.54) is 0 Å². The van der Waals surface area contributed by atoms with Crippen molar-refractivity contribution in [1.29, 1.82) is 0 Å². The Balaban J connectivity index is 1.62. The van der Waals surface area contributed by atoms with Gasteiger partial charge in [-0.05, 0) is 62.5 Å². The number of ether oxygens (including phenoxy) is 1. The topological polar surface area (TPSA) is 87.1 Å². The van der Waals surface area contributed by atoms with Crippen LogP contribution in [0.15, 0.2) is 23.8 Å². The third kappa shape index (κ3) is 1.50. The standard InChI is InChI=1S/C21H26O5/c1-11-8-15-14-5-4-12-9-13(22)6-7-18(12,2)21(14)16(26-21)10-19(15,3)20(11,25)17(23)24/h6-7,9,11,14-16,25H,4-5,8,10H2,1-3H3,(H,23,24)/t11-,14?,15?,16-,18+,19+,20+,21-/m1/s1. The number of carboxylic acid groups (broad SMARTS) is 1. The summed E-state index contributed by atoms with van der Waals surface area (Å²) < 4.78 is 6.38. The molecule has 140 valence electrons. The molecule has 5 nitrogen and oxygen atoms in total. The second-order valence-corrected chi connectivity index (χ2v) is 9.59. The summed E-state index contributed by atoms with van der Waals surface area (Å²) in [6.45, 7) is 5.99. The first-order chi connectivity index (χ1) is 12.1. The first-order valence-electron chi connectivity index (χ1n) is 9.69.